The van der Waals surface area contributed by atoms with Crippen LogP contribution in [0.5, 0.6) is 0 Å². The predicted molar refractivity (Wildman–Crippen MR) is 101 cm³/mol. The molecule has 1 aromatic carbocycles. The average molecular weight is 430 g/mol. The number of aromatic nitrogens is 1. The van der Waals surface area contributed by atoms with E-state index in [1.165, 1.54) is 6.26 Å². The average Bonchev–Trinajstić information content (AvgIpc) is 3.07. The van der Waals surface area contributed by atoms with Gasteiger partial charge in [0.1, 0.15) is 12.0 Å². The van der Waals surface area contributed by atoms with Crippen LogP contribution in [-0.4, -0.2) is 35.9 Å². The minimum atomic E-state index is 0. The molecule has 0 aliphatic heterocycles. The van der Waals surface area contributed by atoms with E-state index in [0.29, 0.717) is 19.0 Å². The maximum atomic E-state index is 9.58. The lowest BCUT2D eigenvalue weighted by Crippen LogP contribution is -2.39. The summed E-state index contributed by atoms with van der Waals surface area (Å²) in [6, 6.07) is 11.7. The molecule has 2 rings (SSSR count). The maximum Gasteiger partial charge on any atom is 0.191 e. The number of nitrogens with zero attached hydrogens (tertiary/aromatic N) is 2. The van der Waals surface area contributed by atoms with Gasteiger partial charge in [-0.05, 0) is 12.5 Å². The molecule has 0 spiro atoms. The lowest BCUT2D eigenvalue weighted by atomic mass is 10.0. The Kier molecular flexibility index (Phi) is 9.30. The fraction of sp³-hybridized carbons (Fsp3) is 0.375. The molecule has 1 atom stereocenters. The minimum absolute atomic E-state index is 0. The summed E-state index contributed by atoms with van der Waals surface area (Å²) in [5.74, 6) is 0.719. The lowest BCUT2D eigenvalue weighted by Gasteiger charge is -2.17. The summed E-state index contributed by atoms with van der Waals surface area (Å²) in [4.78, 5) is 4.45. The number of hydrogen-bond donors (Lipinski definition) is 3. The van der Waals surface area contributed by atoms with E-state index in [0.717, 1.165) is 17.8 Å². The summed E-state index contributed by atoms with van der Waals surface area (Å²) < 4.78 is 4.79. The van der Waals surface area contributed by atoms with E-state index >= 15 is 0 Å². The van der Waals surface area contributed by atoms with Crippen molar-refractivity contribution in [3.8, 4) is 0 Å². The number of aliphatic hydroxyl groups is 1. The Balaban J connectivity index is 0.00000264. The molecule has 3 N–H and O–H groups in total. The second-order valence-corrected chi connectivity index (χ2v) is 4.86. The van der Waals surface area contributed by atoms with Crippen molar-refractivity contribution >= 4 is 29.9 Å². The predicted octanol–water partition coefficient (Wildman–Crippen LogP) is 2.12. The first-order chi connectivity index (χ1) is 10.8. The molecule has 2 aromatic rings. The summed E-state index contributed by atoms with van der Waals surface area (Å²) >= 11 is 0. The second kappa shape index (κ2) is 11.0. The van der Waals surface area contributed by atoms with Gasteiger partial charge in [-0.15, -0.1) is 24.0 Å². The normalized spacial score (nSPS) is 12.3. The first kappa shape index (κ1) is 19.4. The van der Waals surface area contributed by atoms with Crippen molar-refractivity contribution in [2.24, 2.45) is 4.99 Å². The van der Waals surface area contributed by atoms with Crippen LogP contribution in [-0.2, 0) is 6.54 Å². The van der Waals surface area contributed by atoms with Crippen molar-refractivity contribution in [3.05, 3.63) is 53.9 Å². The van der Waals surface area contributed by atoms with Crippen LogP contribution in [0.3, 0.4) is 0 Å². The maximum absolute atomic E-state index is 9.58. The second-order valence-electron chi connectivity index (χ2n) is 4.86. The molecule has 0 bridgehead atoms. The number of hydrogen-bond acceptors (Lipinski definition) is 4. The molecule has 0 saturated heterocycles. The van der Waals surface area contributed by atoms with Crippen molar-refractivity contribution in [1.29, 1.82) is 0 Å². The molecule has 126 valence electrons. The fourth-order valence-corrected chi connectivity index (χ4v) is 2.05. The van der Waals surface area contributed by atoms with Crippen LogP contribution >= 0.6 is 24.0 Å². The Morgan fingerprint density at radius 3 is 2.65 bits per heavy atom. The zero-order valence-corrected chi connectivity index (χ0v) is 15.4. The summed E-state index contributed by atoms with van der Waals surface area (Å²) in [6.07, 6.45) is 1.53. The van der Waals surface area contributed by atoms with Crippen LogP contribution in [0.1, 0.15) is 24.1 Å². The van der Waals surface area contributed by atoms with Gasteiger partial charge in [-0.1, -0.05) is 35.5 Å². The van der Waals surface area contributed by atoms with Gasteiger partial charge in [0.2, 0.25) is 0 Å². The molecule has 1 heterocycles. The fourth-order valence-electron chi connectivity index (χ4n) is 2.05. The van der Waals surface area contributed by atoms with Crippen LogP contribution < -0.4 is 10.6 Å². The third kappa shape index (κ3) is 6.57. The van der Waals surface area contributed by atoms with E-state index in [1.807, 2.05) is 37.3 Å². The van der Waals surface area contributed by atoms with Gasteiger partial charge in [0.15, 0.2) is 5.96 Å². The van der Waals surface area contributed by atoms with Crippen molar-refractivity contribution in [3.63, 3.8) is 0 Å². The van der Waals surface area contributed by atoms with E-state index in [4.69, 9.17) is 4.52 Å². The summed E-state index contributed by atoms with van der Waals surface area (Å²) in [6.45, 7) is 3.90. The Morgan fingerprint density at radius 1 is 1.26 bits per heavy atom. The van der Waals surface area contributed by atoms with E-state index in [-0.39, 0.29) is 36.5 Å². The molecule has 0 saturated carbocycles. The Hall–Kier alpha value is -1.61. The van der Waals surface area contributed by atoms with E-state index in [1.54, 1.807) is 6.07 Å². The van der Waals surface area contributed by atoms with Gasteiger partial charge >= 0.3 is 0 Å². The molecule has 0 aliphatic carbocycles. The summed E-state index contributed by atoms with van der Waals surface area (Å²) in [5.41, 5.74) is 1.88. The highest BCUT2D eigenvalue weighted by Crippen LogP contribution is 2.13. The number of nitrogens with one attached hydrogen (secondary N) is 2. The summed E-state index contributed by atoms with van der Waals surface area (Å²) in [7, 11) is 0. The van der Waals surface area contributed by atoms with Crippen molar-refractivity contribution in [2.45, 2.75) is 19.4 Å². The Bertz CT molecular complexity index is 561. The molecule has 1 unspecified atom stereocenters. The molecule has 0 fully saturated rings. The SMILES string of the molecule is CCNC(=NCc1ccon1)NCC(CO)c1ccccc1.I. The third-order valence-electron chi connectivity index (χ3n) is 3.24. The Morgan fingerprint density at radius 2 is 2.04 bits per heavy atom. The Labute approximate surface area is 153 Å². The van der Waals surface area contributed by atoms with Crippen LogP contribution in [0.2, 0.25) is 0 Å². The third-order valence-corrected chi connectivity index (χ3v) is 3.24. The number of aliphatic hydroxyl groups excluding tert-OH is 1. The standard InChI is InChI=1S/C16H22N4O2.HI/c1-2-17-16(19-11-15-8-9-22-20-15)18-10-14(12-21)13-6-4-3-5-7-13;/h3-9,14,21H,2,10-12H2,1H3,(H2,17,18,19);1H. The lowest BCUT2D eigenvalue weighted by molar-refractivity contribution is 0.265. The first-order valence-corrected chi connectivity index (χ1v) is 7.40. The van der Waals surface area contributed by atoms with Gasteiger partial charge in [-0.3, -0.25) is 0 Å². The van der Waals surface area contributed by atoms with Gasteiger partial charge in [-0.25, -0.2) is 4.99 Å². The topological polar surface area (TPSA) is 82.7 Å². The number of halogens is 1. The molecular formula is C16H23IN4O2. The molecule has 0 radical (unpaired) electrons. The van der Waals surface area contributed by atoms with Gasteiger partial charge in [-0.2, -0.15) is 0 Å². The van der Waals surface area contributed by atoms with Crippen molar-refractivity contribution < 1.29 is 9.63 Å². The summed E-state index contributed by atoms with van der Waals surface area (Å²) in [5, 5.41) is 19.8. The van der Waals surface area contributed by atoms with Crippen molar-refractivity contribution in [1.82, 2.24) is 15.8 Å². The van der Waals surface area contributed by atoms with Crippen LogP contribution in [0.4, 0.5) is 0 Å². The van der Waals surface area contributed by atoms with Crippen LogP contribution in [0.15, 0.2) is 52.2 Å². The van der Waals surface area contributed by atoms with Gasteiger partial charge in [0, 0.05) is 25.1 Å². The van der Waals surface area contributed by atoms with Crippen LogP contribution in [0.25, 0.3) is 0 Å². The van der Waals surface area contributed by atoms with E-state index in [9.17, 15) is 5.11 Å². The van der Waals surface area contributed by atoms with Gasteiger partial charge < -0.3 is 20.3 Å². The number of benzene rings is 1. The highest BCUT2D eigenvalue weighted by atomic mass is 127. The quantitative estimate of drug-likeness (QED) is 0.356. The van der Waals surface area contributed by atoms with E-state index in [2.05, 4.69) is 20.8 Å². The highest BCUT2D eigenvalue weighted by Gasteiger charge is 2.10. The zero-order chi connectivity index (χ0) is 15.6. The largest absolute Gasteiger partial charge is 0.396 e. The number of aliphatic imine (C=N–C) groups is 1. The molecular weight excluding hydrogens is 407 g/mol. The number of rotatable bonds is 7. The highest BCUT2D eigenvalue weighted by molar-refractivity contribution is 14.0. The monoisotopic (exact) mass is 430 g/mol. The van der Waals surface area contributed by atoms with Gasteiger partial charge in [0.25, 0.3) is 0 Å². The molecule has 23 heavy (non-hydrogen) atoms. The molecule has 0 aliphatic rings. The smallest absolute Gasteiger partial charge is 0.191 e. The van der Waals surface area contributed by atoms with Crippen LogP contribution in [0, 0.1) is 0 Å². The van der Waals surface area contributed by atoms with E-state index < -0.39 is 0 Å². The molecule has 7 heteroatoms. The minimum Gasteiger partial charge on any atom is -0.396 e. The molecule has 1 aromatic heterocycles. The van der Waals surface area contributed by atoms with Crippen molar-refractivity contribution in [2.75, 3.05) is 19.7 Å². The zero-order valence-electron chi connectivity index (χ0n) is 13.1. The van der Waals surface area contributed by atoms with Gasteiger partial charge in [0.05, 0.1) is 13.2 Å². The first-order valence-electron chi connectivity index (χ1n) is 7.40. The number of guanidine groups is 1. The molecule has 0 amide bonds. The molecule has 6 nitrogen and oxygen atoms in total.